The van der Waals surface area contributed by atoms with E-state index in [0.717, 1.165) is 68.6 Å². The topological polar surface area (TPSA) is 91.8 Å². The number of benzene rings is 2. The van der Waals surface area contributed by atoms with E-state index < -0.39 is 11.9 Å². The number of hydrogen-bond acceptors (Lipinski definition) is 7. The molecule has 1 saturated heterocycles. The largest absolute Gasteiger partial charge is 0.493 e. The average molecular weight is 596 g/mol. The Hall–Kier alpha value is -3.30. The van der Waals surface area contributed by atoms with Crippen LogP contribution < -0.4 is 14.2 Å². The predicted octanol–water partition coefficient (Wildman–Crippen LogP) is 4.54. The standard InChI is InChI=1S/C34H49N3O6/c1-5-6-18-36(19-10-9-17-35(2)3)32(38)24-37-23-27(25-13-14-29-26(22-25)15-20-42-29)33(34(39)40)28(37)16-21-43-31-12-8-7-11-30(31)41-4/h7-8,11-14,22,27-28,33H,5-6,9-10,15-21,23-24H2,1-4H3,(H,39,40)/t27-,28+,33-/m1/s1. The van der Waals surface area contributed by atoms with E-state index in [2.05, 4.69) is 36.9 Å². The highest BCUT2D eigenvalue weighted by Crippen LogP contribution is 2.41. The van der Waals surface area contributed by atoms with Crippen LogP contribution in [-0.4, -0.2) is 105 Å². The number of unbranched alkanes of at least 4 members (excludes halogenated alkanes) is 2. The van der Waals surface area contributed by atoms with Gasteiger partial charge in [-0.2, -0.15) is 0 Å². The monoisotopic (exact) mass is 595 g/mol. The predicted molar refractivity (Wildman–Crippen MR) is 167 cm³/mol. The smallest absolute Gasteiger partial charge is 0.308 e. The fourth-order valence-electron chi connectivity index (χ4n) is 6.37. The number of carbonyl (C=O) groups excluding carboxylic acids is 1. The average Bonchev–Trinajstić information content (AvgIpc) is 3.61. The number of aliphatic carboxylic acids is 1. The highest BCUT2D eigenvalue weighted by atomic mass is 16.5. The zero-order chi connectivity index (χ0) is 30.8. The van der Waals surface area contributed by atoms with Crippen molar-refractivity contribution in [2.24, 2.45) is 5.92 Å². The van der Waals surface area contributed by atoms with E-state index in [-0.39, 0.29) is 24.4 Å². The van der Waals surface area contributed by atoms with Crippen LogP contribution in [0.25, 0.3) is 0 Å². The number of hydrogen-bond donors (Lipinski definition) is 1. The van der Waals surface area contributed by atoms with Crippen LogP contribution in [0.5, 0.6) is 17.2 Å². The van der Waals surface area contributed by atoms with Crippen molar-refractivity contribution in [2.75, 3.05) is 67.1 Å². The molecule has 9 heteroatoms. The molecule has 0 bridgehead atoms. The molecule has 0 aromatic heterocycles. The van der Waals surface area contributed by atoms with Crippen LogP contribution >= 0.6 is 0 Å². The van der Waals surface area contributed by atoms with E-state index in [1.807, 2.05) is 41.3 Å². The Morgan fingerprint density at radius 2 is 1.79 bits per heavy atom. The Bertz CT molecular complexity index is 1200. The third-order valence-electron chi connectivity index (χ3n) is 8.67. The normalized spacial score (nSPS) is 19.7. The lowest BCUT2D eigenvalue weighted by molar-refractivity contribution is -0.144. The molecule has 2 aromatic carbocycles. The molecule has 2 aliphatic heterocycles. The first-order valence-corrected chi connectivity index (χ1v) is 15.7. The highest BCUT2D eigenvalue weighted by Gasteiger charge is 2.47. The molecule has 0 radical (unpaired) electrons. The van der Waals surface area contributed by atoms with Crippen LogP contribution in [0.1, 0.15) is 56.1 Å². The lowest BCUT2D eigenvalue weighted by Gasteiger charge is -2.30. The number of para-hydroxylation sites is 2. The zero-order valence-electron chi connectivity index (χ0n) is 26.3. The molecule has 0 unspecified atom stereocenters. The van der Waals surface area contributed by atoms with E-state index in [4.69, 9.17) is 14.2 Å². The van der Waals surface area contributed by atoms with Crippen molar-refractivity contribution >= 4 is 11.9 Å². The van der Waals surface area contributed by atoms with Gasteiger partial charge in [0.2, 0.25) is 5.91 Å². The van der Waals surface area contributed by atoms with E-state index in [1.165, 1.54) is 0 Å². The van der Waals surface area contributed by atoms with E-state index >= 15 is 0 Å². The number of carbonyl (C=O) groups is 2. The van der Waals surface area contributed by atoms with Crippen LogP contribution in [-0.2, 0) is 16.0 Å². The van der Waals surface area contributed by atoms with Crippen LogP contribution in [0.3, 0.4) is 0 Å². The van der Waals surface area contributed by atoms with Gasteiger partial charge in [0.15, 0.2) is 11.5 Å². The van der Waals surface area contributed by atoms with Crippen LogP contribution in [0.15, 0.2) is 42.5 Å². The summed E-state index contributed by atoms with van der Waals surface area (Å²) in [6.07, 6.45) is 5.24. The number of amides is 1. The Morgan fingerprint density at radius 3 is 2.51 bits per heavy atom. The summed E-state index contributed by atoms with van der Waals surface area (Å²) >= 11 is 0. The van der Waals surface area contributed by atoms with Gasteiger partial charge in [0.25, 0.3) is 0 Å². The lowest BCUT2D eigenvalue weighted by atomic mass is 9.83. The maximum absolute atomic E-state index is 13.8. The van der Waals surface area contributed by atoms with E-state index in [0.29, 0.717) is 37.7 Å². The molecule has 9 nitrogen and oxygen atoms in total. The first-order valence-electron chi connectivity index (χ1n) is 15.7. The molecule has 236 valence electrons. The number of fused-ring (bicyclic) bond motifs is 1. The fourth-order valence-corrected chi connectivity index (χ4v) is 6.37. The number of methoxy groups -OCH3 is 1. The first-order chi connectivity index (χ1) is 20.8. The summed E-state index contributed by atoms with van der Waals surface area (Å²) in [6, 6.07) is 13.2. The minimum absolute atomic E-state index is 0.0705. The van der Waals surface area contributed by atoms with Gasteiger partial charge in [-0.25, -0.2) is 0 Å². The van der Waals surface area contributed by atoms with E-state index in [1.54, 1.807) is 7.11 Å². The summed E-state index contributed by atoms with van der Waals surface area (Å²) in [6.45, 7) is 6.24. The lowest BCUT2D eigenvalue weighted by Crippen LogP contribution is -2.45. The van der Waals surface area contributed by atoms with Crippen molar-refractivity contribution in [3.8, 4) is 17.2 Å². The third-order valence-corrected chi connectivity index (χ3v) is 8.67. The van der Waals surface area contributed by atoms with Crippen molar-refractivity contribution in [1.29, 1.82) is 0 Å². The fraction of sp³-hybridized carbons (Fsp3) is 0.588. The maximum Gasteiger partial charge on any atom is 0.308 e. The van der Waals surface area contributed by atoms with Crippen molar-refractivity contribution in [3.63, 3.8) is 0 Å². The third kappa shape index (κ3) is 8.63. The number of rotatable bonds is 17. The molecule has 2 aliphatic rings. The maximum atomic E-state index is 13.8. The second kappa shape index (κ2) is 16.0. The van der Waals surface area contributed by atoms with Gasteiger partial charge in [0.05, 0.1) is 32.8 Å². The molecule has 1 N–H and O–H groups in total. The Kier molecular flexibility index (Phi) is 12.1. The van der Waals surface area contributed by atoms with Gasteiger partial charge in [-0.1, -0.05) is 37.6 Å². The Labute approximate surface area is 256 Å². The van der Waals surface area contributed by atoms with Gasteiger partial charge in [-0.15, -0.1) is 0 Å². The number of likely N-dealkylation sites (tertiary alicyclic amines) is 1. The Morgan fingerprint density at radius 1 is 1.05 bits per heavy atom. The number of carboxylic acid groups (broad SMARTS) is 1. The molecule has 4 rings (SSSR count). The van der Waals surface area contributed by atoms with Gasteiger partial charge < -0.3 is 29.1 Å². The number of nitrogens with zero attached hydrogens (tertiary/aromatic N) is 3. The molecule has 1 amide bonds. The summed E-state index contributed by atoms with van der Waals surface area (Å²) in [7, 11) is 5.73. The molecule has 3 atom stereocenters. The molecule has 1 fully saturated rings. The second-order valence-corrected chi connectivity index (χ2v) is 12.0. The summed E-state index contributed by atoms with van der Waals surface area (Å²) in [4.78, 5) is 32.9. The van der Waals surface area contributed by atoms with Gasteiger partial charge in [0.1, 0.15) is 5.75 Å². The summed E-state index contributed by atoms with van der Waals surface area (Å²) in [5.74, 6) is 0.455. The van der Waals surface area contributed by atoms with Crippen molar-refractivity contribution in [3.05, 3.63) is 53.6 Å². The van der Waals surface area contributed by atoms with Crippen molar-refractivity contribution in [2.45, 2.75) is 57.4 Å². The molecule has 2 heterocycles. The molecule has 0 aliphatic carbocycles. The zero-order valence-corrected chi connectivity index (χ0v) is 26.3. The molecule has 0 saturated carbocycles. The van der Waals surface area contributed by atoms with Gasteiger partial charge >= 0.3 is 5.97 Å². The van der Waals surface area contributed by atoms with Gasteiger partial charge in [0, 0.05) is 38.0 Å². The minimum Gasteiger partial charge on any atom is -0.493 e. The molecule has 2 aromatic rings. The highest BCUT2D eigenvalue weighted by molar-refractivity contribution is 5.79. The SMILES string of the molecule is CCCCN(CCCCN(C)C)C(=O)CN1C[C@H](c2ccc3c(c2)CCO3)[C@@H](C(=O)O)[C@@H]1CCOc1ccccc1OC. The number of carboxylic acids is 1. The van der Waals surface area contributed by atoms with Gasteiger partial charge in [-0.3, -0.25) is 14.5 Å². The summed E-state index contributed by atoms with van der Waals surface area (Å²) in [5, 5.41) is 10.6. The molecular formula is C34H49N3O6. The van der Waals surface area contributed by atoms with E-state index in [9.17, 15) is 14.7 Å². The molecule has 0 spiro atoms. The van der Waals surface area contributed by atoms with Gasteiger partial charge in [-0.05, 0) is 75.6 Å². The Balaban J connectivity index is 1.54. The first kappa shape index (κ1) is 32.6. The van der Waals surface area contributed by atoms with Crippen LogP contribution in [0, 0.1) is 5.92 Å². The van der Waals surface area contributed by atoms with Crippen LogP contribution in [0.2, 0.25) is 0 Å². The van der Waals surface area contributed by atoms with Crippen molar-refractivity contribution < 1.29 is 28.9 Å². The van der Waals surface area contributed by atoms with Crippen molar-refractivity contribution in [1.82, 2.24) is 14.7 Å². The minimum atomic E-state index is -0.842. The molecular weight excluding hydrogens is 546 g/mol. The van der Waals surface area contributed by atoms with Crippen LogP contribution in [0.4, 0.5) is 0 Å². The number of ether oxygens (including phenoxy) is 3. The second-order valence-electron chi connectivity index (χ2n) is 12.0. The summed E-state index contributed by atoms with van der Waals surface area (Å²) in [5.41, 5.74) is 2.12. The molecule has 43 heavy (non-hydrogen) atoms. The quantitative estimate of drug-likeness (QED) is 0.267. The summed E-state index contributed by atoms with van der Waals surface area (Å²) < 4.78 is 17.2.